The van der Waals surface area contributed by atoms with E-state index in [1.807, 2.05) is 0 Å². The molecule has 9 heteroatoms. The van der Waals surface area contributed by atoms with Crippen molar-refractivity contribution in [3.8, 4) is 5.75 Å². The number of hydrogen-bond donors (Lipinski definition) is 2. The van der Waals surface area contributed by atoms with Crippen LogP contribution in [0.4, 0.5) is 11.4 Å². The molecule has 21 heavy (non-hydrogen) atoms. The Labute approximate surface area is 120 Å². The molecule has 0 radical (unpaired) electrons. The zero-order valence-corrected chi connectivity index (χ0v) is 11.7. The average molecular weight is 309 g/mol. The maximum Gasteiger partial charge on any atom is 0.312 e. The summed E-state index contributed by atoms with van der Waals surface area (Å²) in [7, 11) is -4.00. The van der Waals surface area contributed by atoms with Gasteiger partial charge in [-0.05, 0) is 31.2 Å². The van der Waals surface area contributed by atoms with Crippen molar-refractivity contribution in [2.45, 2.75) is 11.8 Å². The van der Waals surface area contributed by atoms with Gasteiger partial charge in [-0.15, -0.1) is 0 Å². The molecule has 1 aromatic carbocycles. The molecule has 0 saturated carbocycles. The van der Waals surface area contributed by atoms with Crippen molar-refractivity contribution < 1.29 is 18.4 Å². The van der Waals surface area contributed by atoms with Crippen molar-refractivity contribution in [2.75, 3.05) is 4.72 Å². The lowest BCUT2D eigenvalue weighted by atomic mass is 10.3. The second-order valence-electron chi connectivity index (χ2n) is 4.20. The van der Waals surface area contributed by atoms with Gasteiger partial charge in [0.25, 0.3) is 10.0 Å². The second kappa shape index (κ2) is 5.37. The summed E-state index contributed by atoms with van der Waals surface area (Å²) >= 11 is 0. The van der Waals surface area contributed by atoms with Gasteiger partial charge in [0.15, 0.2) is 5.75 Å². The summed E-state index contributed by atoms with van der Waals surface area (Å²) in [6, 6.07) is 5.82. The number of sulfonamides is 1. The van der Waals surface area contributed by atoms with Crippen LogP contribution in [0.1, 0.15) is 5.69 Å². The van der Waals surface area contributed by atoms with Crippen molar-refractivity contribution in [1.29, 1.82) is 0 Å². The van der Waals surface area contributed by atoms with E-state index in [0.717, 1.165) is 18.2 Å². The highest BCUT2D eigenvalue weighted by Gasteiger charge is 2.21. The highest BCUT2D eigenvalue weighted by Crippen LogP contribution is 2.29. The number of nitrogens with one attached hydrogen (secondary N) is 1. The topological polar surface area (TPSA) is 122 Å². The van der Waals surface area contributed by atoms with Gasteiger partial charge < -0.3 is 5.11 Å². The van der Waals surface area contributed by atoms with E-state index in [9.17, 15) is 23.6 Å². The molecule has 0 bridgehead atoms. The molecule has 0 aliphatic heterocycles. The van der Waals surface area contributed by atoms with Gasteiger partial charge in [-0.1, -0.05) is 0 Å². The molecule has 2 N–H and O–H groups in total. The third-order valence-corrected chi connectivity index (χ3v) is 3.98. The molecule has 0 amide bonds. The average Bonchev–Trinajstić information content (AvgIpc) is 2.38. The lowest BCUT2D eigenvalue weighted by Gasteiger charge is -2.08. The molecule has 110 valence electrons. The van der Waals surface area contributed by atoms with E-state index >= 15 is 0 Å². The smallest absolute Gasteiger partial charge is 0.312 e. The van der Waals surface area contributed by atoms with Crippen LogP contribution in [-0.2, 0) is 10.0 Å². The number of nitro groups is 1. The zero-order chi connectivity index (χ0) is 15.6. The minimum absolute atomic E-state index is 0.290. The highest BCUT2D eigenvalue weighted by molar-refractivity contribution is 7.92. The molecule has 2 rings (SSSR count). The van der Waals surface area contributed by atoms with Gasteiger partial charge in [0.2, 0.25) is 0 Å². The Morgan fingerprint density at radius 1 is 1.29 bits per heavy atom. The number of aryl methyl sites for hydroxylation is 1. The number of aromatic hydroxyl groups is 1. The van der Waals surface area contributed by atoms with Crippen molar-refractivity contribution in [2.24, 2.45) is 0 Å². The van der Waals surface area contributed by atoms with Crippen molar-refractivity contribution >= 4 is 21.4 Å². The normalized spacial score (nSPS) is 11.1. The standard InChI is InChI=1S/C12H11N3O5S/c1-8-6-9(4-5-13-8)14-21(19,20)10-2-3-12(16)11(7-10)15(17)18/h2-7,16H,1H3,(H,13,14). The minimum atomic E-state index is -4.00. The van der Waals surface area contributed by atoms with Crippen LogP contribution in [0.15, 0.2) is 41.4 Å². The number of pyridine rings is 1. The van der Waals surface area contributed by atoms with Crippen LogP contribution in [0.5, 0.6) is 5.75 Å². The molecule has 1 heterocycles. The summed E-state index contributed by atoms with van der Waals surface area (Å²) in [6.07, 6.45) is 1.44. The first-order valence-corrected chi connectivity index (χ1v) is 7.21. The van der Waals surface area contributed by atoms with Gasteiger partial charge in [-0.2, -0.15) is 0 Å². The Balaban J connectivity index is 2.40. The van der Waals surface area contributed by atoms with E-state index in [1.165, 1.54) is 18.3 Å². The Morgan fingerprint density at radius 2 is 2.00 bits per heavy atom. The maximum atomic E-state index is 12.2. The fraction of sp³-hybridized carbons (Fsp3) is 0.0833. The molecule has 0 spiro atoms. The third-order valence-electron chi connectivity index (χ3n) is 2.60. The molecule has 0 aliphatic carbocycles. The first-order valence-electron chi connectivity index (χ1n) is 5.72. The van der Waals surface area contributed by atoms with E-state index in [4.69, 9.17) is 0 Å². The highest BCUT2D eigenvalue weighted by atomic mass is 32.2. The summed E-state index contributed by atoms with van der Waals surface area (Å²) in [5.74, 6) is -0.598. The summed E-state index contributed by atoms with van der Waals surface area (Å²) in [6.45, 7) is 1.70. The molecule has 0 atom stereocenters. The van der Waals surface area contributed by atoms with E-state index in [-0.39, 0.29) is 4.90 Å². The van der Waals surface area contributed by atoms with E-state index in [0.29, 0.717) is 11.4 Å². The van der Waals surface area contributed by atoms with Crippen LogP contribution in [-0.4, -0.2) is 23.4 Å². The van der Waals surface area contributed by atoms with Crippen molar-refractivity contribution in [1.82, 2.24) is 4.98 Å². The van der Waals surface area contributed by atoms with Gasteiger partial charge in [-0.3, -0.25) is 19.8 Å². The first kappa shape index (κ1) is 14.7. The largest absolute Gasteiger partial charge is 0.502 e. The van der Waals surface area contributed by atoms with E-state index in [2.05, 4.69) is 9.71 Å². The second-order valence-corrected chi connectivity index (χ2v) is 5.88. The van der Waals surface area contributed by atoms with Gasteiger partial charge in [0, 0.05) is 18.0 Å². The lowest BCUT2D eigenvalue weighted by Crippen LogP contribution is -2.13. The lowest BCUT2D eigenvalue weighted by molar-refractivity contribution is -0.386. The number of phenols is 1. The SMILES string of the molecule is Cc1cc(NS(=O)(=O)c2ccc(O)c([N+](=O)[O-])c2)ccn1. The molecular weight excluding hydrogens is 298 g/mol. The summed E-state index contributed by atoms with van der Waals surface area (Å²) in [5.41, 5.74) is 0.230. The van der Waals surface area contributed by atoms with Crippen LogP contribution in [0.25, 0.3) is 0 Å². The van der Waals surface area contributed by atoms with Crippen molar-refractivity contribution in [3.63, 3.8) is 0 Å². The molecule has 0 unspecified atom stereocenters. The quantitative estimate of drug-likeness (QED) is 0.656. The molecule has 2 aromatic rings. The zero-order valence-electron chi connectivity index (χ0n) is 10.8. The van der Waals surface area contributed by atoms with E-state index < -0.39 is 26.4 Å². The number of benzene rings is 1. The summed E-state index contributed by atoms with van der Waals surface area (Å²) in [5, 5.41) is 20.1. The number of nitrogens with zero attached hydrogens (tertiary/aromatic N) is 2. The monoisotopic (exact) mass is 309 g/mol. The Morgan fingerprint density at radius 3 is 2.62 bits per heavy atom. The van der Waals surface area contributed by atoms with Crippen LogP contribution in [0, 0.1) is 17.0 Å². The van der Waals surface area contributed by atoms with Gasteiger partial charge in [0.05, 0.1) is 15.5 Å². The number of phenolic OH excluding ortho intramolecular Hbond substituents is 1. The molecule has 1 aromatic heterocycles. The Hall–Kier alpha value is -2.68. The fourth-order valence-electron chi connectivity index (χ4n) is 1.64. The molecule has 8 nitrogen and oxygen atoms in total. The number of hydrogen-bond acceptors (Lipinski definition) is 6. The Bertz CT molecular complexity index is 804. The summed E-state index contributed by atoms with van der Waals surface area (Å²) in [4.78, 5) is 13.5. The summed E-state index contributed by atoms with van der Waals surface area (Å²) < 4.78 is 26.6. The van der Waals surface area contributed by atoms with Gasteiger partial charge in [0.1, 0.15) is 0 Å². The van der Waals surface area contributed by atoms with Crippen LogP contribution >= 0.6 is 0 Å². The molecular formula is C12H11N3O5S. The fourth-order valence-corrected chi connectivity index (χ4v) is 2.71. The van der Waals surface area contributed by atoms with E-state index in [1.54, 1.807) is 6.92 Å². The number of nitro benzene ring substituents is 1. The third kappa shape index (κ3) is 3.26. The van der Waals surface area contributed by atoms with Crippen LogP contribution in [0.2, 0.25) is 0 Å². The minimum Gasteiger partial charge on any atom is -0.502 e. The van der Waals surface area contributed by atoms with Crippen LogP contribution < -0.4 is 4.72 Å². The van der Waals surface area contributed by atoms with Crippen LogP contribution in [0.3, 0.4) is 0 Å². The number of aromatic nitrogens is 1. The molecule has 0 saturated heterocycles. The molecule has 0 fully saturated rings. The Kier molecular flexibility index (Phi) is 3.76. The number of rotatable bonds is 4. The first-order chi connectivity index (χ1) is 9.79. The van der Waals surface area contributed by atoms with Gasteiger partial charge >= 0.3 is 5.69 Å². The van der Waals surface area contributed by atoms with Crippen molar-refractivity contribution in [3.05, 3.63) is 52.3 Å². The number of anilines is 1. The predicted octanol–water partition coefficient (Wildman–Crippen LogP) is 1.80. The maximum absolute atomic E-state index is 12.2. The predicted molar refractivity (Wildman–Crippen MR) is 74.5 cm³/mol. The molecule has 0 aliphatic rings. The van der Waals surface area contributed by atoms with Gasteiger partial charge in [-0.25, -0.2) is 8.42 Å².